The number of rotatable bonds is 10. The molecule has 2 aromatic carbocycles. The maximum Gasteiger partial charge on any atom is 0.354 e. The van der Waals surface area contributed by atoms with Gasteiger partial charge in [-0.1, -0.05) is 35.4 Å². The van der Waals surface area contributed by atoms with Crippen LogP contribution in [0.2, 0.25) is 5.02 Å². The first-order valence-electron chi connectivity index (χ1n) is 14.6. The molecule has 1 fully saturated rings. The van der Waals surface area contributed by atoms with Crippen LogP contribution in [-0.2, 0) is 11.2 Å². The molecule has 0 amide bonds. The number of hydrogen-bond acceptors (Lipinski definition) is 6. The van der Waals surface area contributed by atoms with Crippen molar-refractivity contribution >= 4 is 28.6 Å². The first-order valence-corrected chi connectivity index (χ1v) is 15.0. The minimum atomic E-state index is -0.540. The Morgan fingerprint density at radius 3 is 2.80 bits per heavy atom. The summed E-state index contributed by atoms with van der Waals surface area (Å²) in [6.45, 7) is 2.27. The van der Waals surface area contributed by atoms with Crippen LogP contribution in [0.3, 0.4) is 0 Å². The Morgan fingerprint density at radius 1 is 1.32 bits per heavy atom. The fourth-order valence-electron chi connectivity index (χ4n) is 5.51. The van der Waals surface area contributed by atoms with E-state index in [1.807, 2.05) is 37.3 Å². The molecule has 1 saturated heterocycles. The molecule has 2 aromatic heterocycles. The van der Waals surface area contributed by atoms with Crippen LogP contribution in [0.5, 0.6) is 0 Å². The van der Waals surface area contributed by atoms with Crippen LogP contribution in [0.25, 0.3) is 28.0 Å². The van der Waals surface area contributed by atoms with E-state index in [4.69, 9.17) is 33.2 Å². The maximum atomic E-state index is 15.1. The van der Waals surface area contributed by atoms with Crippen molar-refractivity contribution in [2.45, 2.75) is 57.3 Å². The largest absolute Gasteiger partial charge is 0.394 e. The molecule has 0 bridgehead atoms. The number of H-pyrrole nitrogens is 1. The average Bonchev–Trinajstić information content (AvgIpc) is 3.40. The Kier molecular flexibility index (Phi) is 9.80. The highest BCUT2D eigenvalue weighted by Crippen LogP contribution is 2.35. The van der Waals surface area contributed by atoms with E-state index in [0.717, 1.165) is 36.0 Å². The summed E-state index contributed by atoms with van der Waals surface area (Å²) in [6, 6.07) is 12.7. The molecule has 0 saturated carbocycles. The van der Waals surface area contributed by atoms with Crippen molar-refractivity contribution in [1.82, 2.24) is 19.9 Å². The standard InChI is InChI=1S/C32H37ClFN7O3/c1-18(35)3-2-4-19-12-25(29(34)26(33)13-19)27-15-22-16-41(32(43)40-30(22)39-27)23-7-5-21(6-8-23)28-14-20(9-10-38-31(36)37)11-24(17-42)44-28/h5-9,12-13,15-16,18,24,28,42H,2-4,10-11,14,17,35H2,1H3,(H4,36,37,38)(H,39,40,43)/b20-9+/t18-,24?,28-/m0/s1. The minimum absolute atomic E-state index is 0.0344. The molecule has 3 heterocycles. The number of hydrogen-bond donors (Lipinski definition) is 6. The Balaban J connectivity index is 1.38. The second-order valence-corrected chi connectivity index (χ2v) is 11.7. The normalized spacial score (nSPS) is 18.5. The number of nitrogens with zero attached hydrogens (tertiary/aromatic N) is 2. The van der Waals surface area contributed by atoms with Crippen molar-refractivity contribution in [2.24, 2.45) is 11.5 Å². The fraction of sp³-hybridized carbons (Fsp3) is 0.344. The van der Waals surface area contributed by atoms with Gasteiger partial charge in [0.2, 0.25) is 0 Å². The van der Waals surface area contributed by atoms with Gasteiger partial charge in [-0.15, -0.1) is 0 Å². The van der Waals surface area contributed by atoms with E-state index in [0.29, 0.717) is 47.4 Å². The van der Waals surface area contributed by atoms with E-state index in [1.165, 1.54) is 4.57 Å². The van der Waals surface area contributed by atoms with Crippen molar-refractivity contribution in [3.63, 3.8) is 0 Å². The average molecular weight is 622 g/mol. The Labute approximate surface area is 259 Å². The van der Waals surface area contributed by atoms with Crippen LogP contribution in [0.1, 0.15) is 49.8 Å². The van der Waals surface area contributed by atoms with Crippen LogP contribution in [0, 0.1) is 11.2 Å². The number of halogens is 2. The van der Waals surface area contributed by atoms with E-state index in [-0.39, 0.29) is 35.8 Å². The summed E-state index contributed by atoms with van der Waals surface area (Å²) in [4.78, 5) is 20.3. The van der Waals surface area contributed by atoms with E-state index < -0.39 is 11.5 Å². The highest BCUT2D eigenvalue weighted by molar-refractivity contribution is 6.31. The predicted octanol–water partition coefficient (Wildman–Crippen LogP) is 4.47. The van der Waals surface area contributed by atoms with Crippen molar-refractivity contribution in [2.75, 3.05) is 13.2 Å². The molecular formula is C32H37ClFN7O3. The molecule has 10 nitrogen and oxygen atoms in total. The second-order valence-electron chi connectivity index (χ2n) is 11.3. The molecule has 5 rings (SSSR count). The second kappa shape index (κ2) is 13.7. The van der Waals surface area contributed by atoms with Gasteiger partial charge < -0.3 is 31.6 Å². The number of benzene rings is 2. The number of aryl methyl sites for hydroxylation is 1. The van der Waals surface area contributed by atoms with Gasteiger partial charge in [-0.25, -0.2) is 9.18 Å². The molecule has 0 radical (unpaired) electrons. The van der Waals surface area contributed by atoms with Crippen molar-refractivity contribution in [1.29, 1.82) is 5.41 Å². The van der Waals surface area contributed by atoms with Crippen LogP contribution in [-0.4, -0.2) is 50.9 Å². The van der Waals surface area contributed by atoms with Gasteiger partial charge in [-0.05, 0) is 80.5 Å². The first-order chi connectivity index (χ1) is 21.1. The van der Waals surface area contributed by atoms with Crippen LogP contribution in [0.4, 0.5) is 4.39 Å². The maximum absolute atomic E-state index is 15.1. The summed E-state index contributed by atoms with van der Waals surface area (Å²) >= 11 is 6.24. The third-order valence-electron chi connectivity index (χ3n) is 7.74. The number of fused-ring (bicyclic) bond motifs is 1. The van der Waals surface area contributed by atoms with E-state index in [2.05, 4.69) is 15.3 Å². The highest BCUT2D eigenvalue weighted by atomic mass is 35.5. The summed E-state index contributed by atoms with van der Waals surface area (Å²) in [7, 11) is 0. The molecule has 1 aliphatic heterocycles. The zero-order chi connectivity index (χ0) is 31.4. The fourth-order valence-corrected chi connectivity index (χ4v) is 5.75. The lowest BCUT2D eigenvalue weighted by molar-refractivity contribution is -0.0573. The van der Waals surface area contributed by atoms with Crippen molar-refractivity contribution < 1.29 is 14.2 Å². The number of nitrogens with two attached hydrogens (primary N) is 2. The minimum Gasteiger partial charge on any atom is -0.394 e. The van der Waals surface area contributed by atoms with Gasteiger partial charge >= 0.3 is 5.69 Å². The quantitative estimate of drug-likeness (QED) is 0.0863. The van der Waals surface area contributed by atoms with Gasteiger partial charge in [0.15, 0.2) is 11.8 Å². The molecule has 44 heavy (non-hydrogen) atoms. The summed E-state index contributed by atoms with van der Waals surface area (Å²) in [5.41, 5.74) is 15.4. The predicted molar refractivity (Wildman–Crippen MR) is 171 cm³/mol. The summed E-state index contributed by atoms with van der Waals surface area (Å²) in [5, 5.41) is 20.5. The number of ether oxygens (including phenoxy) is 1. The lowest BCUT2D eigenvalue weighted by Crippen LogP contribution is -2.31. The first kappa shape index (κ1) is 31.4. The summed E-state index contributed by atoms with van der Waals surface area (Å²) < 4.78 is 22.7. The van der Waals surface area contributed by atoms with Crippen LogP contribution < -0.4 is 22.5 Å². The van der Waals surface area contributed by atoms with Crippen molar-refractivity contribution in [3.8, 4) is 16.9 Å². The van der Waals surface area contributed by atoms with Gasteiger partial charge in [0.25, 0.3) is 0 Å². The molecular weight excluding hydrogens is 585 g/mol. The SMILES string of the molecule is C[C@H](N)CCCc1cc(Cl)c(F)c(-c2cc3cn(-c4ccc([C@@H]5C/C(=C/CNC(=N)N)CC(CO)O5)cc4)c(=O)nc3[nH]2)c1. The van der Waals surface area contributed by atoms with Gasteiger partial charge in [0, 0.05) is 29.7 Å². The Morgan fingerprint density at radius 2 is 2.09 bits per heavy atom. The van der Waals surface area contributed by atoms with E-state index >= 15 is 4.39 Å². The number of aromatic amines is 1. The smallest absolute Gasteiger partial charge is 0.354 e. The molecule has 12 heteroatoms. The molecule has 3 atom stereocenters. The van der Waals surface area contributed by atoms with E-state index in [1.54, 1.807) is 24.4 Å². The van der Waals surface area contributed by atoms with Gasteiger partial charge in [-0.2, -0.15) is 4.98 Å². The summed E-state index contributed by atoms with van der Waals surface area (Å²) in [5.74, 6) is -0.644. The van der Waals surface area contributed by atoms with Crippen molar-refractivity contribution in [3.05, 3.63) is 92.8 Å². The monoisotopic (exact) mass is 621 g/mol. The van der Waals surface area contributed by atoms with E-state index in [9.17, 15) is 9.90 Å². The lowest BCUT2D eigenvalue weighted by atomic mass is 9.93. The number of aliphatic hydroxyl groups excluding tert-OH is 1. The third-order valence-corrected chi connectivity index (χ3v) is 8.01. The van der Waals surface area contributed by atoms with Crippen LogP contribution >= 0.6 is 11.6 Å². The Hall–Kier alpha value is -4.03. The summed E-state index contributed by atoms with van der Waals surface area (Å²) in [6.07, 6.45) is 6.67. The molecule has 1 unspecified atom stereocenters. The van der Waals surface area contributed by atoms with Crippen LogP contribution in [0.15, 0.2) is 65.1 Å². The highest BCUT2D eigenvalue weighted by Gasteiger charge is 2.26. The number of aromatic nitrogens is 3. The van der Waals surface area contributed by atoms with Gasteiger partial charge in [0.1, 0.15) is 5.65 Å². The molecule has 1 aliphatic rings. The topological polar surface area (TPSA) is 168 Å². The molecule has 0 spiro atoms. The number of nitrogens with one attached hydrogen (secondary N) is 3. The zero-order valence-corrected chi connectivity index (χ0v) is 25.2. The molecule has 0 aliphatic carbocycles. The number of guanidine groups is 1. The number of aliphatic hydroxyl groups is 1. The molecule has 232 valence electrons. The molecule has 8 N–H and O–H groups in total. The molecule has 4 aromatic rings. The third kappa shape index (κ3) is 7.36. The van der Waals surface area contributed by atoms with Gasteiger partial charge in [0.05, 0.1) is 35.2 Å². The lowest BCUT2D eigenvalue weighted by Gasteiger charge is -2.31. The Bertz CT molecular complexity index is 1730. The van der Waals surface area contributed by atoms with Gasteiger partial charge in [-0.3, -0.25) is 9.98 Å². The zero-order valence-electron chi connectivity index (χ0n) is 24.4.